The molecule has 0 spiro atoms. The number of rotatable bonds is 5. The summed E-state index contributed by atoms with van der Waals surface area (Å²) in [5.41, 5.74) is 8.67. The van der Waals surface area contributed by atoms with E-state index in [0.717, 1.165) is 31.8 Å². The van der Waals surface area contributed by atoms with Crippen LogP contribution < -0.4 is 10.5 Å². The van der Waals surface area contributed by atoms with Crippen molar-refractivity contribution in [3.8, 4) is 11.6 Å². The number of carbonyl (C=O) groups excluding carboxylic acids is 1. The van der Waals surface area contributed by atoms with E-state index in [2.05, 4.69) is 42.8 Å². The number of primary amides is 1. The zero-order valence-electron chi connectivity index (χ0n) is 15.8. The first-order valence-corrected chi connectivity index (χ1v) is 9.08. The van der Waals surface area contributed by atoms with Gasteiger partial charge in [0.25, 0.3) is 0 Å². The Labute approximate surface area is 155 Å². The van der Waals surface area contributed by atoms with Crippen molar-refractivity contribution < 1.29 is 9.53 Å². The van der Waals surface area contributed by atoms with Crippen LogP contribution >= 0.6 is 0 Å². The Morgan fingerprint density at radius 3 is 2.69 bits per heavy atom. The molecule has 0 fully saturated rings. The van der Waals surface area contributed by atoms with Crippen molar-refractivity contribution in [3.63, 3.8) is 0 Å². The highest BCUT2D eigenvalue weighted by Gasteiger charge is 2.19. The van der Waals surface area contributed by atoms with E-state index in [-0.39, 0.29) is 0 Å². The fourth-order valence-electron chi connectivity index (χ4n) is 3.04. The molecule has 0 radical (unpaired) electrons. The monoisotopic (exact) mass is 353 g/mol. The molecule has 3 rings (SSSR count). The number of fused-ring (bicyclic) bond motifs is 1. The summed E-state index contributed by atoms with van der Waals surface area (Å²) in [5, 5.41) is 0. The van der Waals surface area contributed by atoms with E-state index in [1.165, 1.54) is 23.7 Å². The van der Waals surface area contributed by atoms with Gasteiger partial charge in [0.15, 0.2) is 0 Å². The molecule has 5 heteroatoms. The van der Waals surface area contributed by atoms with Crippen molar-refractivity contribution in [2.45, 2.75) is 40.2 Å². The van der Waals surface area contributed by atoms with Gasteiger partial charge in [-0.1, -0.05) is 26.8 Å². The molecule has 0 saturated heterocycles. The van der Waals surface area contributed by atoms with Gasteiger partial charge >= 0.3 is 0 Å². The smallest absolute Gasteiger partial charge is 0.250 e. The molecule has 1 aromatic heterocycles. The van der Waals surface area contributed by atoms with Crippen molar-refractivity contribution in [3.05, 3.63) is 53.2 Å². The standard InChI is InChI=1S/C21H27N3O2/c1-21(2,3)9-11-24-10-8-15-12-18(6-4-17(15)14-24)26-19-7-5-16(13-23-19)20(22)25/h4-7,12-13H,8-11,14H2,1-3H3,(H2,22,25). The van der Waals surface area contributed by atoms with Crippen molar-refractivity contribution >= 4 is 5.91 Å². The minimum absolute atomic E-state index is 0.370. The molecule has 0 bridgehead atoms. The maximum atomic E-state index is 11.1. The van der Waals surface area contributed by atoms with E-state index in [9.17, 15) is 4.79 Å². The third-order valence-electron chi connectivity index (χ3n) is 4.69. The molecule has 1 amide bonds. The third kappa shape index (κ3) is 4.82. The summed E-state index contributed by atoms with van der Waals surface area (Å²) >= 11 is 0. The van der Waals surface area contributed by atoms with Crippen LogP contribution in [0.25, 0.3) is 0 Å². The van der Waals surface area contributed by atoms with Gasteiger partial charge in [-0.3, -0.25) is 9.69 Å². The van der Waals surface area contributed by atoms with Gasteiger partial charge in [0, 0.05) is 25.4 Å². The second kappa shape index (κ2) is 7.46. The quantitative estimate of drug-likeness (QED) is 0.888. The number of carbonyl (C=O) groups is 1. The van der Waals surface area contributed by atoms with Crippen LogP contribution in [0.3, 0.4) is 0 Å². The summed E-state index contributed by atoms with van der Waals surface area (Å²) in [5.74, 6) is 0.734. The molecule has 1 aromatic carbocycles. The second-order valence-corrected chi connectivity index (χ2v) is 8.12. The Balaban J connectivity index is 1.64. The van der Waals surface area contributed by atoms with Gasteiger partial charge in [0.1, 0.15) is 5.75 Å². The minimum atomic E-state index is -0.492. The largest absolute Gasteiger partial charge is 0.439 e. The number of aromatic nitrogens is 1. The summed E-state index contributed by atoms with van der Waals surface area (Å²) in [6.45, 7) is 10.1. The highest BCUT2D eigenvalue weighted by Crippen LogP contribution is 2.28. The van der Waals surface area contributed by atoms with Gasteiger partial charge in [-0.25, -0.2) is 4.98 Å². The zero-order valence-corrected chi connectivity index (χ0v) is 15.8. The highest BCUT2D eigenvalue weighted by atomic mass is 16.5. The summed E-state index contributed by atoms with van der Waals surface area (Å²) in [6.07, 6.45) is 3.67. The predicted octanol–water partition coefficient (Wildman–Crippen LogP) is 3.77. The Kier molecular flexibility index (Phi) is 5.28. The summed E-state index contributed by atoms with van der Waals surface area (Å²) < 4.78 is 5.82. The highest BCUT2D eigenvalue weighted by molar-refractivity contribution is 5.92. The predicted molar refractivity (Wildman–Crippen MR) is 102 cm³/mol. The van der Waals surface area contributed by atoms with Crippen molar-refractivity contribution in [2.24, 2.45) is 11.1 Å². The van der Waals surface area contributed by atoms with E-state index >= 15 is 0 Å². The Bertz CT molecular complexity index is 779. The first-order chi connectivity index (χ1) is 12.3. The summed E-state index contributed by atoms with van der Waals surface area (Å²) in [6, 6.07) is 9.51. The molecule has 5 nitrogen and oxygen atoms in total. The maximum Gasteiger partial charge on any atom is 0.250 e. The van der Waals surface area contributed by atoms with Gasteiger partial charge < -0.3 is 10.5 Å². The number of hydrogen-bond acceptors (Lipinski definition) is 4. The number of ether oxygens (including phenoxy) is 1. The second-order valence-electron chi connectivity index (χ2n) is 8.12. The maximum absolute atomic E-state index is 11.1. The lowest BCUT2D eigenvalue weighted by Crippen LogP contribution is -2.33. The van der Waals surface area contributed by atoms with Crippen molar-refractivity contribution in [1.29, 1.82) is 0 Å². The molecule has 2 aromatic rings. The Morgan fingerprint density at radius 2 is 2.04 bits per heavy atom. The first kappa shape index (κ1) is 18.4. The molecule has 1 aliphatic rings. The van der Waals surface area contributed by atoms with Gasteiger partial charge in [0.05, 0.1) is 5.56 Å². The number of nitrogens with two attached hydrogens (primary N) is 1. The molecule has 0 aliphatic carbocycles. The third-order valence-corrected chi connectivity index (χ3v) is 4.69. The van der Waals surface area contributed by atoms with Crippen LogP contribution in [-0.2, 0) is 13.0 Å². The molecule has 1 aliphatic heterocycles. The van der Waals surface area contributed by atoms with Gasteiger partial charge in [-0.05, 0) is 54.1 Å². The number of nitrogens with zero attached hydrogens (tertiary/aromatic N) is 2. The fraction of sp³-hybridized carbons (Fsp3) is 0.429. The van der Waals surface area contributed by atoms with E-state index < -0.39 is 5.91 Å². The van der Waals surface area contributed by atoms with Crippen molar-refractivity contribution in [1.82, 2.24) is 9.88 Å². The average molecular weight is 353 g/mol. The first-order valence-electron chi connectivity index (χ1n) is 9.08. The van der Waals surface area contributed by atoms with Crippen molar-refractivity contribution in [2.75, 3.05) is 13.1 Å². The molecular formula is C21H27N3O2. The van der Waals surface area contributed by atoms with Gasteiger partial charge in [-0.2, -0.15) is 0 Å². The molecule has 26 heavy (non-hydrogen) atoms. The minimum Gasteiger partial charge on any atom is -0.439 e. The van der Waals surface area contributed by atoms with Crippen LogP contribution in [0.1, 0.15) is 48.7 Å². The normalized spacial score (nSPS) is 14.7. The molecule has 0 saturated carbocycles. The van der Waals surface area contributed by atoms with Crippen LogP contribution in [0.2, 0.25) is 0 Å². The van der Waals surface area contributed by atoms with E-state index in [4.69, 9.17) is 10.5 Å². The lowest BCUT2D eigenvalue weighted by Gasteiger charge is -2.31. The van der Waals surface area contributed by atoms with Crippen LogP contribution in [0.5, 0.6) is 11.6 Å². The number of pyridine rings is 1. The molecular weight excluding hydrogens is 326 g/mol. The SMILES string of the molecule is CC(C)(C)CCN1CCc2cc(Oc3ccc(C(N)=O)cn3)ccc2C1. The van der Waals surface area contributed by atoms with E-state index in [1.54, 1.807) is 12.1 Å². The van der Waals surface area contributed by atoms with Crippen LogP contribution in [0, 0.1) is 5.41 Å². The summed E-state index contributed by atoms with van der Waals surface area (Å²) in [7, 11) is 0. The lowest BCUT2D eigenvalue weighted by atomic mass is 9.91. The Morgan fingerprint density at radius 1 is 1.23 bits per heavy atom. The number of amides is 1. The van der Waals surface area contributed by atoms with Crippen LogP contribution in [0.4, 0.5) is 0 Å². The topological polar surface area (TPSA) is 68.5 Å². The van der Waals surface area contributed by atoms with E-state index in [0.29, 0.717) is 16.9 Å². The summed E-state index contributed by atoms with van der Waals surface area (Å²) in [4.78, 5) is 17.8. The molecule has 138 valence electrons. The fourth-order valence-corrected chi connectivity index (χ4v) is 3.04. The zero-order chi connectivity index (χ0) is 18.7. The van der Waals surface area contributed by atoms with Crippen LogP contribution in [0.15, 0.2) is 36.5 Å². The van der Waals surface area contributed by atoms with Crippen LogP contribution in [-0.4, -0.2) is 28.9 Å². The molecule has 2 heterocycles. The van der Waals surface area contributed by atoms with Gasteiger partial charge in [0.2, 0.25) is 11.8 Å². The molecule has 0 unspecified atom stereocenters. The molecule has 0 atom stereocenters. The number of benzene rings is 1. The lowest BCUT2D eigenvalue weighted by molar-refractivity contribution is 0.1000. The Hall–Kier alpha value is -2.40. The molecule has 2 N–H and O–H groups in total. The average Bonchev–Trinajstić information content (AvgIpc) is 2.59. The van der Waals surface area contributed by atoms with E-state index in [1.807, 2.05) is 6.07 Å². The number of hydrogen-bond donors (Lipinski definition) is 1. The van der Waals surface area contributed by atoms with Gasteiger partial charge in [-0.15, -0.1) is 0 Å².